The van der Waals surface area contributed by atoms with E-state index in [4.69, 9.17) is 4.42 Å². The molecule has 3 heteroatoms. The minimum atomic E-state index is -0.393. The average molecular weight is 331 g/mol. The number of furan rings is 1. The molecule has 0 aliphatic carbocycles. The number of aliphatic hydroxyl groups excluding tert-OH is 1. The summed E-state index contributed by atoms with van der Waals surface area (Å²) in [5.74, 6) is 1.64. The fourth-order valence-electron chi connectivity index (χ4n) is 2.40. The van der Waals surface area contributed by atoms with Crippen LogP contribution in [0.25, 0.3) is 22.1 Å². The first-order valence-corrected chi connectivity index (χ1v) is 7.39. The predicted octanol–water partition coefficient (Wildman–Crippen LogP) is 4.79. The van der Waals surface area contributed by atoms with Gasteiger partial charge in [0, 0.05) is 16.5 Å². The number of fused-ring (bicyclic) bond motifs is 1. The first-order chi connectivity index (χ1) is 9.65. The normalized spacial score (nSPS) is 12.8. The molecule has 0 radical (unpaired) electrons. The number of hydrogen-bond acceptors (Lipinski definition) is 2. The quantitative estimate of drug-likeness (QED) is 0.749. The smallest absolute Gasteiger partial charge is 0.134 e. The standard InChI is InChI=1S/C17H15BrO2/c1-11(19)10-12-6-9-17(20-12)15-7-8-16(18)14-5-3-2-4-13(14)15/h2-9,11,19H,10H2,1H3. The van der Waals surface area contributed by atoms with E-state index in [0.717, 1.165) is 26.9 Å². The van der Waals surface area contributed by atoms with E-state index in [1.165, 1.54) is 5.39 Å². The summed E-state index contributed by atoms with van der Waals surface area (Å²) in [5.41, 5.74) is 1.07. The molecule has 2 aromatic carbocycles. The van der Waals surface area contributed by atoms with E-state index < -0.39 is 6.10 Å². The van der Waals surface area contributed by atoms with Crippen molar-refractivity contribution in [1.82, 2.24) is 0 Å². The van der Waals surface area contributed by atoms with E-state index in [1.807, 2.05) is 30.3 Å². The Labute approximate surface area is 126 Å². The van der Waals surface area contributed by atoms with Gasteiger partial charge in [0.2, 0.25) is 0 Å². The van der Waals surface area contributed by atoms with Crippen molar-refractivity contribution >= 4 is 26.7 Å². The van der Waals surface area contributed by atoms with Crippen molar-refractivity contribution in [1.29, 1.82) is 0 Å². The third-order valence-corrected chi connectivity index (χ3v) is 3.99. The molecule has 2 nitrogen and oxygen atoms in total. The molecule has 1 N–H and O–H groups in total. The third kappa shape index (κ3) is 2.51. The molecule has 0 aliphatic rings. The number of hydrogen-bond donors (Lipinski definition) is 1. The van der Waals surface area contributed by atoms with Gasteiger partial charge in [0.25, 0.3) is 0 Å². The minimum Gasteiger partial charge on any atom is -0.461 e. The molecule has 0 aliphatic heterocycles. The average Bonchev–Trinajstić information content (AvgIpc) is 2.87. The predicted molar refractivity (Wildman–Crippen MR) is 84.7 cm³/mol. The van der Waals surface area contributed by atoms with Gasteiger partial charge in [-0.25, -0.2) is 0 Å². The number of aliphatic hydroxyl groups is 1. The summed E-state index contributed by atoms with van der Waals surface area (Å²) in [6.07, 6.45) is 0.143. The summed E-state index contributed by atoms with van der Waals surface area (Å²) in [4.78, 5) is 0. The number of benzene rings is 2. The lowest BCUT2D eigenvalue weighted by molar-refractivity contribution is 0.187. The van der Waals surface area contributed by atoms with Crippen molar-refractivity contribution in [3.63, 3.8) is 0 Å². The molecule has 0 spiro atoms. The minimum absolute atomic E-state index is 0.393. The second-order valence-corrected chi connectivity index (χ2v) is 5.81. The lowest BCUT2D eigenvalue weighted by Gasteiger charge is -2.06. The Kier molecular flexibility index (Phi) is 3.64. The van der Waals surface area contributed by atoms with Crippen LogP contribution in [0.1, 0.15) is 12.7 Å². The van der Waals surface area contributed by atoms with Crippen molar-refractivity contribution in [3.05, 3.63) is 58.8 Å². The van der Waals surface area contributed by atoms with Crippen LogP contribution in [0.15, 0.2) is 57.4 Å². The molecule has 3 aromatic rings. The number of rotatable bonds is 3. The fourth-order valence-corrected chi connectivity index (χ4v) is 2.88. The molecule has 102 valence electrons. The zero-order valence-corrected chi connectivity index (χ0v) is 12.7. The van der Waals surface area contributed by atoms with Gasteiger partial charge in [-0.3, -0.25) is 0 Å². The molecule has 0 bridgehead atoms. The number of halogens is 1. The van der Waals surface area contributed by atoms with Crippen LogP contribution in [0.3, 0.4) is 0 Å². The van der Waals surface area contributed by atoms with E-state index in [2.05, 4.69) is 34.1 Å². The highest BCUT2D eigenvalue weighted by molar-refractivity contribution is 9.10. The molecule has 0 amide bonds. The largest absolute Gasteiger partial charge is 0.461 e. The molecule has 0 saturated carbocycles. The van der Waals surface area contributed by atoms with Crippen molar-refractivity contribution in [2.24, 2.45) is 0 Å². The summed E-state index contributed by atoms with van der Waals surface area (Å²) < 4.78 is 6.93. The highest BCUT2D eigenvalue weighted by atomic mass is 79.9. The molecule has 0 fully saturated rings. The maximum absolute atomic E-state index is 9.43. The second-order valence-electron chi connectivity index (χ2n) is 4.96. The Morgan fingerprint density at radius 1 is 1.05 bits per heavy atom. The van der Waals surface area contributed by atoms with Crippen LogP contribution in [-0.4, -0.2) is 11.2 Å². The van der Waals surface area contributed by atoms with Crippen LogP contribution < -0.4 is 0 Å². The van der Waals surface area contributed by atoms with Gasteiger partial charge in [0.1, 0.15) is 11.5 Å². The summed E-state index contributed by atoms with van der Waals surface area (Å²) in [5, 5.41) is 11.7. The van der Waals surface area contributed by atoms with E-state index in [0.29, 0.717) is 6.42 Å². The Balaban J connectivity index is 2.10. The summed E-state index contributed by atoms with van der Waals surface area (Å²) >= 11 is 3.58. The van der Waals surface area contributed by atoms with Gasteiger partial charge in [-0.15, -0.1) is 0 Å². The van der Waals surface area contributed by atoms with Crippen LogP contribution in [0.2, 0.25) is 0 Å². The topological polar surface area (TPSA) is 33.4 Å². The van der Waals surface area contributed by atoms with Gasteiger partial charge in [-0.1, -0.05) is 40.2 Å². The zero-order chi connectivity index (χ0) is 14.1. The van der Waals surface area contributed by atoms with E-state index in [9.17, 15) is 5.11 Å². The van der Waals surface area contributed by atoms with Gasteiger partial charge in [-0.05, 0) is 42.0 Å². The van der Waals surface area contributed by atoms with E-state index in [-0.39, 0.29) is 0 Å². The Bertz CT molecular complexity index is 744. The summed E-state index contributed by atoms with van der Waals surface area (Å²) in [6, 6.07) is 16.2. The highest BCUT2D eigenvalue weighted by Crippen LogP contribution is 2.34. The van der Waals surface area contributed by atoms with Crippen LogP contribution in [0.5, 0.6) is 0 Å². The van der Waals surface area contributed by atoms with Gasteiger partial charge in [0.05, 0.1) is 6.10 Å². The van der Waals surface area contributed by atoms with Gasteiger partial charge in [-0.2, -0.15) is 0 Å². The SMILES string of the molecule is CC(O)Cc1ccc(-c2ccc(Br)c3ccccc23)o1. The lowest BCUT2D eigenvalue weighted by atomic mass is 10.0. The van der Waals surface area contributed by atoms with E-state index in [1.54, 1.807) is 6.92 Å². The Morgan fingerprint density at radius 3 is 2.55 bits per heavy atom. The van der Waals surface area contributed by atoms with Crippen molar-refractivity contribution < 1.29 is 9.52 Å². The van der Waals surface area contributed by atoms with E-state index >= 15 is 0 Å². The first-order valence-electron chi connectivity index (χ1n) is 6.59. The highest BCUT2D eigenvalue weighted by Gasteiger charge is 2.11. The molecule has 1 unspecified atom stereocenters. The molecule has 1 aromatic heterocycles. The molecule has 1 atom stereocenters. The molecule has 3 rings (SSSR count). The Hall–Kier alpha value is -1.58. The molecule has 1 heterocycles. The fraction of sp³-hybridized carbons (Fsp3) is 0.176. The van der Waals surface area contributed by atoms with Crippen LogP contribution in [0, 0.1) is 0 Å². The molecule has 0 saturated heterocycles. The van der Waals surface area contributed by atoms with Gasteiger partial charge >= 0.3 is 0 Å². The van der Waals surface area contributed by atoms with Crippen molar-refractivity contribution in [2.45, 2.75) is 19.4 Å². The van der Waals surface area contributed by atoms with Gasteiger partial charge < -0.3 is 9.52 Å². The monoisotopic (exact) mass is 330 g/mol. The molecular weight excluding hydrogens is 316 g/mol. The van der Waals surface area contributed by atoms with Crippen LogP contribution in [-0.2, 0) is 6.42 Å². The first kappa shape index (κ1) is 13.4. The van der Waals surface area contributed by atoms with Crippen molar-refractivity contribution in [2.75, 3.05) is 0 Å². The maximum atomic E-state index is 9.43. The third-order valence-electron chi connectivity index (χ3n) is 3.29. The second kappa shape index (κ2) is 5.43. The zero-order valence-electron chi connectivity index (χ0n) is 11.1. The molecule has 20 heavy (non-hydrogen) atoms. The summed E-state index contributed by atoms with van der Waals surface area (Å²) in [6.45, 7) is 1.76. The van der Waals surface area contributed by atoms with Gasteiger partial charge in [0.15, 0.2) is 0 Å². The summed E-state index contributed by atoms with van der Waals surface area (Å²) in [7, 11) is 0. The van der Waals surface area contributed by atoms with Crippen LogP contribution >= 0.6 is 15.9 Å². The lowest BCUT2D eigenvalue weighted by Crippen LogP contribution is -2.02. The van der Waals surface area contributed by atoms with Crippen molar-refractivity contribution in [3.8, 4) is 11.3 Å². The maximum Gasteiger partial charge on any atom is 0.134 e. The Morgan fingerprint density at radius 2 is 1.80 bits per heavy atom. The van der Waals surface area contributed by atoms with Crippen LogP contribution in [0.4, 0.5) is 0 Å². The molecular formula is C17H15BrO2.